The number of aliphatic hydroxyl groups excluding tert-OH is 1. The van der Waals surface area contributed by atoms with Gasteiger partial charge in [0, 0.05) is 29.9 Å². The van der Waals surface area contributed by atoms with Crippen LogP contribution in [0.25, 0.3) is 0 Å². The van der Waals surface area contributed by atoms with Gasteiger partial charge in [0.05, 0.1) is 0 Å². The Balaban J connectivity index is 1.68. The van der Waals surface area contributed by atoms with Crippen LogP contribution in [0.5, 0.6) is 0 Å². The van der Waals surface area contributed by atoms with Crippen LogP contribution in [-0.2, 0) is 0 Å². The summed E-state index contributed by atoms with van der Waals surface area (Å²) in [5.41, 5.74) is 0. The molecule has 0 spiro atoms. The Kier molecular flexibility index (Phi) is 4.56. The summed E-state index contributed by atoms with van der Waals surface area (Å²) in [7, 11) is 0. The van der Waals surface area contributed by atoms with Gasteiger partial charge in [-0.25, -0.2) is 4.79 Å². The fourth-order valence-electron chi connectivity index (χ4n) is 2.48. The summed E-state index contributed by atoms with van der Waals surface area (Å²) in [6, 6.07) is -0.0387. The monoisotopic (exact) mass is 270 g/mol. The van der Waals surface area contributed by atoms with Crippen LogP contribution in [0.4, 0.5) is 4.79 Å². The normalized spacial score (nSPS) is 34.8. The highest BCUT2D eigenvalue weighted by Gasteiger charge is 2.30. The Morgan fingerprint density at radius 2 is 2.39 bits per heavy atom. The molecule has 1 saturated heterocycles. The molecular formula is C13H22N2O2S. The van der Waals surface area contributed by atoms with E-state index in [0.29, 0.717) is 0 Å². The van der Waals surface area contributed by atoms with Gasteiger partial charge in [0.1, 0.15) is 0 Å². The minimum Gasteiger partial charge on any atom is -0.396 e. The minimum atomic E-state index is -0.100. The molecule has 1 unspecified atom stereocenters. The Labute approximate surface area is 113 Å². The Morgan fingerprint density at radius 1 is 1.56 bits per heavy atom. The molecule has 5 heteroatoms. The average Bonchev–Trinajstić information content (AvgIpc) is 2.96. The van der Waals surface area contributed by atoms with E-state index in [1.807, 2.05) is 23.9 Å². The highest BCUT2D eigenvalue weighted by molar-refractivity contribution is 8.00. The number of rotatable bonds is 4. The van der Waals surface area contributed by atoms with Crippen molar-refractivity contribution >= 4 is 17.8 Å². The van der Waals surface area contributed by atoms with Crippen molar-refractivity contribution in [1.82, 2.24) is 10.6 Å². The molecule has 2 aliphatic rings. The summed E-state index contributed by atoms with van der Waals surface area (Å²) < 4.78 is 0.205. The standard InChI is InChI=1S/C13H22N2O2S/c1-13(5-2-6-18-13)9-14-12(17)15-11-4-3-10(7-11)8-16/h3-4,10-11,16H,2,5-9H2,1H3,(H2,14,15,17)/t10-,11+,13?/m0/s1. The summed E-state index contributed by atoms with van der Waals surface area (Å²) in [5.74, 6) is 1.39. The molecule has 1 fully saturated rings. The van der Waals surface area contributed by atoms with Crippen molar-refractivity contribution in [3.8, 4) is 0 Å². The molecule has 4 nitrogen and oxygen atoms in total. The number of amides is 2. The maximum Gasteiger partial charge on any atom is 0.315 e. The van der Waals surface area contributed by atoms with Gasteiger partial charge >= 0.3 is 6.03 Å². The lowest BCUT2D eigenvalue weighted by molar-refractivity contribution is 0.230. The van der Waals surface area contributed by atoms with Gasteiger partial charge in [0.15, 0.2) is 0 Å². The molecule has 0 aromatic rings. The van der Waals surface area contributed by atoms with Crippen molar-refractivity contribution in [3.63, 3.8) is 0 Å². The fraction of sp³-hybridized carbons (Fsp3) is 0.769. The van der Waals surface area contributed by atoms with Gasteiger partial charge in [0.2, 0.25) is 0 Å². The fourth-order valence-corrected chi connectivity index (χ4v) is 3.72. The average molecular weight is 270 g/mol. The highest BCUT2D eigenvalue weighted by atomic mass is 32.2. The van der Waals surface area contributed by atoms with Crippen molar-refractivity contribution in [2.75, 3.05) is 18.9 Å². The van der Waals surface area contributed by atoms with Crippen LogP contribution in [0.15, 0.2) is 12.2 Å². The van der Waals surface area contributed by atoms with Gasteiger partial charge in [0.25, 0.3) is 0 Å². The number of thioether (sulfide) groups is 1. The molecule has 0 aromatic heterocycles. The Bertz CT molecular complexity index is 327. The maximum atomic E-state index is 11.8. The first-order valence-electron chi connectivity index (χ1n) is 6.59. The molecule has 0 aromatic carbocycles. The second-order valence-electron chi connectivity index (χ2n) is 5.40. The molecule has 102 valence electrons. The number of urea groups is 1. The minimum absolute atomic E-state index is 0.0613. The van der Waals surface area contributed by atoms with E-state index < -0.39 is 0 Å². The smallest absolute Gasteiger partial charge is 0.315 e. The molecule has 1 aliphatic heterocycles. The van der Waals surface area contributed by atoms with E-state index >= 15 is 0 Å². The first kappa shape index (κ1) is 13.7. The molecule has 0 radical (unpaired) electrons. The molecule has 2 rings (SSSR count). The van der Waals surface area contributed by atoms with Crippen molar-refractivity contribution in [2.24, 2.45) is 5.92 Å². The number of carbonyl (C=O) groups excluding carboxylic acids is 1. The summed E-state index contributed by atoms with van der Waals surface area (Å²) in [5, 5.41) is 14.9. The van der Waals surface area contributed by atoms with E-state index in [0.717, 1.165) is 13.0 Å². The summed E-state index contributed by atoms with van der Waals surface area (Å²) >= 11 is 1.94. The lowest BCUT2D eigenvalue weighted by Gasteiger charge is -2.23. The first-order chi connectivity index (χ1) is 8.61. The van der Waals surface area contributed by atoms with Crippen LogP contribution in [0.1, 0.15) is 26.2 Å². The quantitative estimate of drug-likeness (QED) is 0.679. The third-order valence-corrected chi connectivity index (χ3v) is 5.18. The van der Waals surface area contributed by atoms with E-state index in [4.69, 9.17) is 5.11 Å². The molecule has 0 bridgehead atoms. The topological polar surface area (TPSA) is 61.4 Å². The van der Waals surface area contributed by atoms with Crippen LogP contribution >= 0.6 is 11.8 Å². The van der Waals surface area contributed by atoms with Gasteiger partial charge in [-0.3, -0.25) is 0 Å². The van der Waals surface area contributed by atoms with Crippen molar-refractivity contribution in [3.05, 3.63) is 12.2 Å². The summed E-state index contributed by atoms with van der Waals surface area (Å²) in [6.45, 7) is 3.09. The van der Waals surface area contributed by atoms with Crippen LogP contribution in [0.3, 0.4) is 0 Å². The zero-order valence-electron chi connectivity index (χ0n) is 10.8. The summed E-state index contributed by atoms with van der Waals surface area (Å²) in [6.07, 6.45) is 7.16. The molecule has 3 N–H and O–H groups in total. The van der Waals surface area contributed by atoms with Gasteiger partial charge in [-0.1, -0.05) is 12.2 Å². The predicted molar refractivity (Wildman–Crippen MR) is 74.8 cm³/mol. The van der Waals surface area contributed by atoms with Crippen molar-refractivity contribution < 1.29 is 9.90 Å². The zero-order valence-corrected chi connectivity index (χ0v) is 11.6. The van der Waals surface area contributed by atoms with Gasteiger partial charge in [-0.05, 0) is 31.9 Å². The highest BCUT2D eigenvalue weighted by Crippen LogP contribution is 2.36. The van der Waals surface area contributed by atoms with E-state index in [1.165, 1.54) is 18.6 Å². The molecule has 2 amide bonds. The van der Waals surface area contributed by atoms with E-state index in [-0.39, 0.29) is 29.3 Å². The molecule has 1 aliphatic carbocycles. The third-order valence-electron chi connectivity index (χ3n) is 3.65. The van der Waals surface area contributed by atoms with Crippen LogP contribution in [0, 0.1) is 5.92 Å². The van der Waals surface area contributed by atoms with Crippen LogP contribution < -0.4 is 10.6 Å². The van der Waals surface area contributed by atoms with Crippen molar-refractivity contribution in [2.45, 2.75) is 37.0 Å². The SMILES string of the molecule is CC1(CNC(=O)N[C@@H]2C=C[C@H](CO)C2)CCCS1. The maximum absolute atomic E-state index is 11.8. The molecular weight excluding hydrogens is 248 g/mol. The Morgan fingerprint density at radius 3 is 3.00 bits per heavy atom. The van der Waals surface area contributed by atoms with Gasteiger partial charge < -0.3 is 15.7 Å². The van der Waals surface area contributed by atoms with Crippen LogP contribution in [0.2, 0.25) is 0 Å². The van der Waals surface area contributed by atoms with Crippen LogP contribution in [-0.4, -0.2) is 40.8 Å². The lowest BCUT2D eigenvalue weighted by atomic mass is 10.1. The number of hydrogen-bond acceptors (Lipinski definition) is 3. The van der Waals surface area contributed by atoms with Crippen molar-refractivity contribution in [1.29, 1.82) is 0 Å². The third kappa shape index (κ3) is 3.65. The molecule has 18 heavy (non-hydrogen) atoms. The number of nitrogens with one attached hydrogen (secondary N) is 2. The predicted octanol–water partition coefficient (Wildman–Crippen LogP) is 1.51. The first-order valence-corrected chi connectivity index (χ1v) is 7.57. The van der Waals surface area contributed by atoms with Gasteiger partial charge in [-0.15, -0.1) is 0 Å². The summed E-state index contributed by atoms with van der Waals surface area (Å²) in [4.78, 5) is 11.8. The number of hydrogen-bond donors (Lipinski definition) is 3. The second-order valence-corrected chi connectivity index (χ2v) is 7.08. The molecule has 0 saturated carbocycles. The Hall–Kier alpha value is -0.680. The number of aliphatic hydroxyl groups is 1. The largest absolute Gasteiger partial charge is 0.396 e. The van der Waals surface area contributed by atoms with E-state index in [2.05, 4.69) is 17.6 Å². The van der Waals surface area contributed by atoms with E-state index in [1.54, 1.807) is 0 Å². The number of carbonyl (C=O) groups is 1. The molecule has 3 atom stereocenters. The zero-order chi connectivity index (χ0) is 13.0. The van der Waals surface area contributed by atoms with Gasteiger partial charge in [-0.2, -0.15) is 11.8 Å². The molecule has 1 heterocycles. The lowest BCUT2D eigenvalue weighted by Crippen LogP contribution is -2.45. The van der Waals surface area contributed by atoms with E-state index in [9.17, 15) is 4.79 Å². The second kappa shape index (κ2) is 5.97.